The van der Waals surface area contributed by atoms with Gasteiger partial charge in [-0.05, 0) is 38.0 Å². The fraction of sp³-hybridized carbons (Fsp3) is 0.474. The highest BCUT2D eigenvalue weighted by molar-refractivity contribution is 14.0. The van der Waals surface area contributed by atoms with Crippen molar-refractivity contribution in [2.45, 2.75) is 19.8 Å². The number of hydrogen-bond donors (Lipinski definition) is 2. The van der Waals surface area contributed by atoms with Crippen molar-refractivity contribution in [2.24, 2.45) is 4.99 Å². The van der Waals surface area contributed by atoms with Crippen LogP contribution >= 0.6 is 24.0 Å². The monoisotopic (exact) mass is 474 g/mol. The molecule has 0 saturated heterocycles. The minimum Gasteiger partial charge on any atom is -0.497 e. The van der Waals surface area contributed by atoms with Crippen LogP contribution in [-0.4, -0.2) is 57.1 Å². The molecule has 0 aliphatic rings. The van der Waals surface area contributed by atoms with Crippen molar-refractivity contribution >= 4 is 35.8 Å². The van der Waals surface area contributed by atoms with Gasteiger partial charge in [0.25, 0.3) is 5.91 Å². The van der Waals surface area contributed by atoms with E-state index >= 15 is 0 Å². The number of amides is 1. The molecule has 0 aromatic heterocycles. The molecule has 0 bridgehead atoms. The first-order valence-corrected chi connectivity index (χ1v) is 8.65. The summed E-state index contributed by atoms with van der Waals surface area (Å²) in [6.07, 6.45) is 3.95. The van der Waals surface area contributed by atoms with Gasteiger partial charge in [-0.3, -0.25) is 9.79 Å². The third-order valence-electron chi connectivity index (χ3n) is 3.59. The number of rotatable bonds is 10. The van der Waals surface area contributed by atoms with Gasteiger partial charge in [0.15, 0.2) is 5.96 Å². The topological polar surface area (TPSA) is 66.0 Å². The molecule has 0 atom stereocenters. The highest BCUT2D eigenvalue weighted by Gasteiger charge is 2.07. The van der Waals surface area contributed by atoms with Crippen molar-refractivity contribution in [3.8, 4) is 5.75 Å². The number of methoxy groups -OCH3 is 1. The molecule has 2 N–H and O–H groups in total. The Morgan fingerprint density at radius 2 is 2.15 bits per heavy atom. The minimum atomic E-state index is -0.126. The number of benzene rings is 1. The number of carbonyl (C=O) groups excluding carboxylic acids is 1. The summed E-state index contributed by atoms with van der Waals surface area (Å²) in [6, 6.07) is 7.09. The van der Waals surface area contributed by atoms with Crippen LogP contribution in [0.5, 0.6) is 5.75 Å². The van der Waals surface area contributed by atoms with Crippen molar-refractivity contribution in [1.82, 2.24) is 15.5 Å². The molecule has 146 valence electrons. The minimum absolute atomic E-state index is 0. The van der Waals surface area contributed by atoms with E-state index in [0.29, 0.717) is 24.4 Å². The van der Waals surface area contributed by atoms with E-state index in [-0.39, 0.29) is 29.9 Å². The number of unbranched alkanes of at least 4 members (excludes halogenated alkanes) is 1. The van der Waals surface area contributed by atoms with Crippen LogP contribution in [0.25, 0.3) is 0 Å². The van der Waals surface area contributed by atoms with E-state index in [2.05, 4.69) is 27.1 Å². The average Bonchev–Trinajstić information content (AvgIpc) is 2.64. The van der Waals surface area contributed by atoms with Crippen molar-refractivity contribution in [1.29, 1.82) is 0 Å². The number of guanidine groups is 1. The number of halogens is 1. The summed E-state index contributed by atoms with van der Waals surface area (Å²) < 4.78 is 5.13. The zero-order valence-electron chi connectivity index (χ0n) is 16.0. The largest absolute Gasteiger partial charge is 0.497 e. The first-order valence-electron chi connectivity index (χ1n) is 8.65. The predicted octanol–water partition coefficient (Wildman–Crippen LogP) is 2.91. The summed E-state index contributed by atoms with van der Waals surface area (Å²) in [5, 5.41) is 6.14. The molecular weight excluding hydrogens is 443 g/mol. The summed E-state index contributed by atoms with van der Waals surface area (Å²) in [5.74, 6) is 1.39. The first-order chi connectivity index (χ1) is 12.1. The number of carbonyl (C=O) groups is 1. The standard InChI is InChI=1S/C19H30N4O2.HI/c1-5-7-8-14-23(3)19(20-6-2)22-13-12-21-18(24)16-10-9-11-17(15-16)25-4;/h5,9-11,15H,1,6-8,12-14H2,2-4H3,(H,20,22)(H,21,24);1H. The predicted molar refractivity (Wildman–Crippen MR) is 119 cm³/mol. The lowest BCUT2D eigenvalue weighted by Gasteiger charge is -2.21. The summed E-state index contributed by atoms with van der Waals surface area (Å²) in [7, 11) is 3.60. The molecule has 6 nitrogen and oxygen atoms in total. The Kier molecular flexibility index (Phi) is 13.4. The van der Waals surface area contributed by atoms with Crippen LogP contribution in [0.1, 0.15) is 30.1 Å². The normalized spacial score (nSPS) is 10.5. The molecule has 0 unspecified atom stereocenters. The number of ether oxygens (including phenoxy) is 1. The fourth-order valence-corrected chi connectivity index (χ4v) is 2.25. The highest BCUT2D eigenvalue weighted by Crippen LogP contribution is 2.12. The van der Waals surface area contributed by atoms with Gasteiger partial charge in [-0.15, -0.1) is 30.6 Å². The first kappa shape index (κ1) is 24.2. The van der Waals surface area contributed by atoms with Gasteiger partial charge in [-0.2, -0.15) is 0 Å². The van der Waals surface area contributed by atoms with Crippen LogP contribution in [0.2, 0.25) is 0 Å². The molecule has 0 radical (unpaired) electrons. The zero-order valence-corrected chi connectivity index (χ0v) is 18.3. The summed E-state index contributed by atoms with van der Waals surface area (Å²) in [4.78, 5) is 18.8. The Labute approximate surface area is 174 Å². The van der Waals surface area contributed by atoms with Gasteiger partial charge in [0.2, 0.25) is 0 Å². The van der Waals surface area contributed by atoms with E-state index in [1.807, 2.05) is 26.1 Å². The molecule has 0 fully saturated rings. The molecule has 0 saturated carbocycles. The van der Waals surface area contributed by atoms with Crippen molar-refractivity contribution in [2.75, 3.05) is 40.3 Å². The van der Waals surface area contributed by atoms with Crippen LogP contribution < -0.4 is 15.4 Å². The fourth-order valence-electron chi connectivity index (χ4n) is 2.25. The molecule has 1 rings (SSSR count). The Hall–Kier alpha value is -1.77. The molecule has 0 spiro atoms. The zero-order chi connectivity index (χ0) is 18.5. The molecule has 0 heterocycles. The third-order valence-corrected chi connectivity index (χ3v) is 3.59. The molecule has 26 heavy (non-hydrogen) atoms. The van der Waals surface area contributed by atoms with Gasteiger partial charge < -0.3 is 20.3 Å². The molecule has 0 aliphatic carbocycles. The van der Waals surface area contributed by atoms with Gasteiger partial charge in [-0.1, -0.05) is 12.1 Å². The summed E-state index contributed by atoms with van der Waals surface area (Å²) in [6.45, 7) is 8.49. The number of nitrogens with one attached hydrogen (secondary N) is 2. The van der Waals surface area contributed by atoms with Gasteiger partial charge in [0.1, 0.15) is 5.75 Å². The van der Waals surface area contributed by atoms with E-state index in [9.17, 15) is 4.79 Å². The van der Waals surface area contributed by atoms with Crippen LogP contribution in [0.3, 0.4) is 0 Å². The Morgan fingerprint density at radius 1 is 1.38 bits per heavy atom. The number of aliphatic imine (C=N–C) groups is 1. The number of nitrogens with zero attached hydrogens (tertiary/aromatic N) is 2. The van der Waals surface area contributed by atoms with E-state index in [1.165, 1.54) is 0 Å². The lowest BCUT2D eigenvalue weighted by atomic mass is 10.2. The third kappa shape index (κ3) is 9.07. The molecule has 1 amide bonds. The smallest absolute Gasteiger partial charge is 0.251 e. The maximum Gasteiger partial charge on any atom is 0.251 e. The maximum absolute atomic E-state index is 12.1. The molecular formula is C19H31IN4O2. The number of allylic oxidation sites excluding steroid dienone is 1. The molecule has 1 aromatic rings. The van der Waals surface area contributed by atoms with E-state index in [1.54, 1.807) is 25.3 Å². The second-order valence-corrected chi connectivity index (χ2v) is 5.58. The quantitative estimate of drug-likeness (QED) is 0.180. The highest BCUT2D eigenvalue weighted by atomic mass is 127. The summed E-state index contributed by atoms with van der Waals surface area (Å²) >= 11 is 0. The molecule has 0 aliphatic heterocycles. The number of hydrogen-bond acceptors (Lipinski definition) is 3. The van der Waals surface area contributed by atoms with Gasteiger partial charge in [-0.25, -0.2) is 0 Å². The van der Waals surface area contributed by atoms with E-state index in [0.717, 1.165) is 31.9 Å². The average molecular weight is 474 g/mol. The van der Waals surface area contributed by atoms with Crippen molar-refractivity contribution < 1.29 is 9.53 Å². The second kappa shape index (κ2) is 14.4. The van der Waals surface area contributed by atoms with Gasteiger partial charge in [0, 0.05) is 32.2 Å². The SMILES string of the molecule is C=CCCCN(C)C(=NCCNC(=O)c1cccc(OC)c1)NCC.I. The van der Waals surface area contributed by atoms with Gasteiger partial charge >= 0.3 is 0 Å². The maximum atomic E-state index is 12.1. The Bertz CT molecular complexity index is 578. The van der Waals surface area contributed by atoms with Crippen molar-refractivity contribution in [3.05, 3.63) is 42.5 Å². The van der Waals surface area contributed by atoms with Crippen LogP contribution in [-0.2, 0) is 0 Å². The van der Waals surface area contributed by atoms with Gasteiger partial charge in [0.05, 0.1) is 13.7 Å². The Balaban J connectivity index is 0.00000625. The second-order valence-electron chi connectivity index (χ2n) is 5.58. The Morgan fingerprint density at radius 3 is 2.81 bits per heavy atom. The van der Waals surface area contributed by atoms with Crippen LogP contribution in [0.4, 0.5) is 0 Å². The van der Waals surface area contributed by atoms with Crippen LogP contribution in [0.15, 0.2) is 41.9 Å². The molecule has 1 aromatic carbocycles. The lowest BCUT2D eigenvalue weighted by Crippen LogP contribution is -2.40. The lowest BCUT2D eigenvalue weighted by molar-refractivity contribution is 0.0954. The van der Waals surface area contributed by atoms with Crippen molar-refractivity contribution in [3.63, 3.8) is 0 Å². The van der Waals surface area contributed by atoms with Crippen LogP contribution in [0, 0.1) is 0 Å². The molecule has 7 heteroatoms. The van der Waals surface area contributed by atoms with E-state index < -0.39 is 0 Å². The summed E-state index contributed by atoms with van der Waals surface area (Å²) in [5.41, 5.74) is 0.580. The van der Waals surface area contributed by atoms with E-state index in [4.69, 9.17) is 4.74 Å².